The molecule has 1 aliphatic heterocycles. The van der Waals surface area contributed by atoms with Crippen molar-refractivity contribution in [2.45, 2.75) is 51.5 Å². The van der Waals surface area contributed by atoms with Gasteiger partial charge >= 0.3 is 0 Å². The summed E-state index contributed by atoms with van der Waals surface area (Å²) in [6.07, 6.45) is 2.01. The van der Waals surface area contributed by atoms with Gasteiger partial charge in [0.05, 0.1) is 17.9 Å². The van der Waals surface area contributed by atoms with E-state index in [2.05, 4.69) is 10.4 Å². The molecule has 1 N–H and O–H groups in total. The number of benzene rings is 1. The summed E-state index contributed by atoms with van der Waals surface area (Å²) in [4.78, 5) is 12.5. The van der Waals surface area contributed by atoms with Gasteiger partial charge in [0, 0.05) is 25.2 Å². The number of carbonyl (C=O) groups excluding carboxylic acids is 1. The third kappa shape index (κ3) is 4.22. The van der Waals surface area contributed by atoms with Gasteiger partial charge in [0.25, 0.3) is 0 Å². The molecule has 3 rings (SSSR count). The van der Waals surface area contributed by atoms with Crippen molar-refractivity contribution >= 4 is 21.6 Å². The average molecular weight is 391 g/mol. The van der Waals surface area contributed by atoms with Crippen LogP contribution < -0.4 is 5.32 Å². The molecule has 0 aliphatic carbocycles. The summed E-state index contributed by atoms with van der Waals surface area (Å²) < 4.78 is 28.9. The Labute approximate surface area is 160 Å². The number of anilines is 1. The van der Waals surface area contributed by atoms with Crippen molar-refractivity contribution in [3.63, 3.8) is 0 Å². The quantitative estimate of drug-likeness (QED) is 0.822. The first-order valence-corrected chi connectivity index (χ1v) is 10.6. The van der Waals surface area contributed by atoms with E-state index in [9.17, 15) is 13.2 Å². The number of aryl methyl sites for hydroxylation is 3. The van der Waals surface area contributed by atoms with Gasteiger partial charge in [-0.25, -0.2) is 8.42 Å². The van der Waals surface area contributed by atoms with E-state index in [4.69, 9.17) is 0 Å². The lowest BCUT2D eigenvalue weighted by Gasteiger charge is -2.15. The number of hydrogen-bond donors (Lipinski definition) is 1. The number of aromatic nitrogens is 2. The Morgan fingerprint density at radius 2 is 1.74 bits per heavy atom. The van der Waals surface area contributed by atoms with Crippen molar-refractivity contribution in [2.75, 3.05) is 18.4 Å². The fraction of sp³-hybridized carbons (Fsp3) is 0.474. The minimum atomic E-state index is -3.52. The zero-order valence-electron chi connectivity index (χ0n) is 16.0. The van der Waals surface area contributed by atoms with Gasteiger partial charge in [-0.1, -0.05) is 17.7 Å². The second-order valence-electron chi connectivity index (χ2n) is 7.00. The highest BCUT2D eigenvalue weighted by atomic mass is 32.2. The Hall–Kier alpha value is -2.19. The largest absolute Gasteiger partial charge is 0.326 e. The first kappa shape index (κ1) is 19.6. The molecular formula is C19H26N4O3S. The molecule has 0 unspecified atom stereocenters. The van der Waals surface area contributed by atoms with Crippen molar-refractivity contribution in [3.8, 4) is 0 Å². The van der Waals surface area contributed by atoms with Gasteiger partial charge in [0.2, 0.25) is 15.9 Å². The summed E-state index contributed by atoms with van der Waals surface area (Å²) >= 11 is 0. The molecule has 1 aromatic heterocycles. The van der Waals surface area contributed by atoms with Crippen LogP contribution >= 0.6 is 0 Å². The average Bonchev–Trinajstić information content (AvgIpc) is 3.24. The first-order valence-electron chi connectivity index (χ1n) is 9.19. The van der Waals surface area contributed by atoms with Gasteiger partial charge in [-0.3, -0.25) is 9.48 Å². The third-order valence-corrected chi connectivity index (χ3v) is 7.02. The standard InChI is InChI=1S/C19H26N4O3S/c1-14-6-8-17(9-7-14)20-18(24)10-13-23-16(3)19(15(2)21-23)27(25,26)22-11-4-5-12-22/h6-9H,4-5,10-13H2,1-3H3,(H,20,24). The maximum atomic E-state index is 12.9. The fourth-order valence-corrected chi connectivity index (χ4v) is 5.29. The number of amides is 1. The molecule has 0 spiro atoms. The molecule has 0 radical (unpaired) electrons. The molecule has 1 fully saturated rings. The summed E-state index contributed by atoms with van der Waals surface area (Å²) in [5.74, 6) is -0.129. The van der Waals surface area contributed by atoms with Gasteiger partial charge in [-0.2, -0.15) is 9.40 Å². The number of nitrogens with one attached hydrogen (secondary N) is 1. The van der Waals surface area contributed by atoms with Crippen LogP contribution in [0, 0.1) is 20.8 Å². The van der Waals surface area contributed by atoms with Gasteiger partial charge in [0.15, 0.2) is 0 Å². The highest BCUT2D eigenvalue weighted by molar-refractivity contribution is 7.89. The third-order valence-electron chi connectivity index (χ3n) is 4.86. The Morgan fingerprint density at radius 3 is 2.37 bits per heavy atom. The zero-order chi connectivity index (χ0) is 19.6. The predicted octanol–water partition coefficient (Wildman–Crippen LogP) is 2.62. The fourth-order valence-electron chi connectivity index (χ4n) is 3.40. The Balaban J connectivity index is 1.69. The maximum Gasteiger partial charge on any atom is 0.246 e. The van der Waals surface area contributed by atoms with Crippen LogP contribution in [-0.2, 0) is 21.4 Å². The predicted molar refractivity (Wildman–Crippen MR) is 104 cm³/mol. The molecular weight excluding hydrogens is 364 g/mol. The number of carbonyl (C=O) groups is 1. The van der Waals surface area contributed by atoms with Gasteiger partial charge in [0.1, 0.15) is 4.90 Å². The zero-order valence-corrected chi connectivity index (χ0v) is 16.8. The molecule has 8 heteroatoms. The van der Waals surface area contributed by atoms with Crippen LogP contribution in [0.15, 0.2) is 29.2 Å². The van der Waals surface area contributed by atoms with Crippen LogP contribution in [-0.4, -0.2) is 41.5 Å². The number of sulfonamides is 1. The van der Waals surface area contributed by atoms with Crippen LogP contribution in [0.2, 0.25) is 0 Å². The molecule has 146 valence electrons. The van der Waals surface area contributed by atoms with Crippen LogP contribution in [0.5, 0.6) is 0 Å². The second kappa shape index (κ2) is 7.82. The molecule has 1 aliphatic rings. The molecule has 1 aromatic carbocycles. The highest BCUT2D eigenvalue weighted by Gasteiger charge is 2.32. The van der Waals surface area contributed by atoms with E-state index in [-0.39, 0.29) is 17.2 Å². The summed E-state index contributed by atoms with van der Waals surface area (Å²) in [6, 6.07) is 7.59. The molecule has 0 atom stereocenters. The summed E-state index contributed by atoms with van der Waals surface area (Å²) in [6.45, 7) is 6.90. The van der Waals surface area contributed by atoms with E-state index in [1.807, 2.05) is 31.2 Å². The number of hydrogen-bond acceptors (Lipinski definition) is 4. The van der Waals surface area contributed by atoms with E-state index >= 15 is 0 Å². The van der Waals surface area contributed by atoms with Crippen molar-refractivity contribution < 1.29 is 13.2 Å². The molecule has 2 aromatic rings. The van der Waals surface area contributed by atoms with E-state index in [1.165, 1.54) is 4.31 Å². The van der Waals surface area contributed by atoms with E-state index in [0.29, 0.717) is 31.0 Å². The second-order valence-corrected chi connectivity index (χ2v) is 8.87. The van der Waals surface area contributed by atoms with Crippen LogP contribution in [0.3, 0.4) is 0 Å². The summed E-state index contributed by atoms with van der Waals surface area (Å²) in [5, 5.41) is 7.22. The highest BCUT2D eigenvalue weighted by Crippen LogP contribution is 2.26. The molecule has 27 heavy (non-hydrogen) atoms. The van der Waals surface area contributed by atoms with E-state index in [0.717, 1.165) is 24.1 Å². The maximum absolute atomic E-state index is 12.9. The molecule has 1 saturated heterocycles. The minimum absolute atomic E-state index is 0.129. The molecule has 7 nitrogen and oxygen atoms in total. The SMILES string of the molecule is Cc1ccc(NC(=O)CCn2nc(C)c(S(=O)(=O)N3CCCC3)c2C)cc1. The Bertz CT molecular complexity index is 927. The van der Waals surface area contributed by atoms with Crippen molar-refractivity contribution in [2.24, 2.45) is 0 Å². The molecule has 2 heterocycles. The van der Waals surface area contributed by atoms with Gasteiger partial charge < -0.3 is 5.32 Å². The van der Waals surface area contributed by atoms with E-state index in [1.54, 1.807) is 18.5 Å². The molecule has 0 saturated carbocycles. The van der Waals surface area contributed by atoms with Crippen molar-refractivity contribution in [3.05, 3.63) is 41.2 Å². The summed E-state index contributed by atoms with van der Waals surface area (Å²) in [5.41, 5.74) is 2.94. The van der Waals surface area contributed by atoms with Crippen molar-refractivity contribution in [1.29, 1.82) is 0 Å². The number of nitrogens with zero attached hydrogens (tertiary/aromatic N) is 3. The van der Waals surface area contributed by atoms with Crippen molar-refractivity contribution in [1.82, 2.24) is 14.1 Å². The topological polar surface area (TPSA) is 84.3 Å². The van der Waals surface area contributed by atoms with Crippen LogP contribution in [0.25, 0.3) is 0 Å². The van der Waals surface area contributed by atoms with Gasteiger partial charge in [-0.15, -0.1) is 0 Å². The molecule has 0 bridgehead atoms. The smallest absolute Gasteiger partial charge is 0.246 e. The lowest BCUT2D eigenvalue weighted by Crippen LogP contribution is -2.28. The summed E-state index contributed by atoms with van der Waals surface area (Å²) in [7, 11) is -3.52. The normalized spacial score (nSPS) is 15.2. The van der Waals surface area contributed by atoms with Crippen LogP contribution in [0.1, 0.15) is 36.2 Å². The minimum Gasteiger partial charge on any atom is -0.326 e. The van der Waals surface area contributed by atoms with E-state index < -0.39 is 10.0 Å². The lowest BCUT2D eigenvalue weighted by molar-refractivity contribution is -0.116. The first-order chi connectivity index (χ1) is 12.8. The van der Waals surface area contributed by atoms with Gasteiger partial charge in [-0.05, 0) is 45.7 Å². The van der Waals surface area contributed by atoms with Crippen LogP contribution in [0.4, 0.5) is 5.69 Å². The number of rotatable bonds is 6. The lowest BCUT2D eigenvalue weighted by atomic mass is 10.2. The Kier molecular flexibility index (Phi) is 5.67. The molecule has 1 amide bonds. The monoisotopic (exact) mass is 390 g/mol. The Morgan fingerprint density at radius 1 is 1.11 bits per heavy atom.